The van der Waals surface area contributed by atoms with Crippen LogP contribution in [0.4, 0.5) is 0 Å². The quantitative estimate of drug-likeness (QED) is 0.495. The second-order valence-corrected chi connectivity index (χ2v) is 5.02. The minimum absolute atomic E-state index is 0.402. The van der Waals surface area contributed by atoms with Crippen LogP contribution in [-0.4, -0.2) is 18.8 Å². The van der Waals surface area contributed by atoms with Gasteiger partial charge in [-0.05, 0) is 53.6 Å². The maximum atomic E-state index is 11.7. The summed E-state index contributed by atoms with van der Waals surface area (Å²) in [4.78, 5) is 16.6. The molecule has 0 saturated carbocycles. The molecule has 0 N–H and O–H groups in total. The van der Waals surface area contributed by atoms with E-state index in [0.717, 1.165) is 23.3 Å². The fraction of sp³-hybridized carbons (Fsp3) is 0.125. The maximum absolute atomic E-state index is 11.7. The van der Waals surface area contributed by atoms with E-state index in [2.05, 4.69) is 5.16 Å². The van der Waals surface area contributed by atoms with Crippen LogP contribution in [0.5, 0.6) is 5.75 Å². The molecule has 1 heterocycles. The first-order valence-corrected chi connectivity index (χ1v) is 6.86. The van der Waals surface area contributed by atoms with Gasteiger partial charge in [-0.2, -0.15) is 0 Å². The SMILES string of the molecule is O=C(O/N=C\c1ccc2c(c1)CCO2)c1ccc(Cl)cc1. The molecule has 0 aromatic heterocycles. The van der Waals surface area contributed by atoms with Crippen molar-refractivity contribution < 1.29 is 14.4 Å². The highest BCUT2D eigenvalue weighted by molar-refractivity contribution is 6.30. The first-order valence-electron chi connectivity index (χ1n) is 6.48. The summed E-state index contributed by atoms with van der Waals surface area (Å²) in [6.45, 7) is 0.710. The van der Waals surface area contributed by atoms with Gasteiger partial charge in [0, 0.05) is 11.4 Å². The normalized spacial score (nSPS) is 13.0. The number of nitrogens with zero attached hydrogens (tertiary/aromatic N) is 1. The number of carbonyl (C=O) groups is 1. The zero-order chi connectivity index (χ0) is 14.7. The summed E-state index contributed by atoms with van der Waals surface area (Å²) >= 11 is 5.76. The molecule has 2 aromatic rings. The molecule has 1 aliphatic rings. The van der Waals surface area contributed by atoms with Gasteiger partial charge >= 0.3 is 5.97 Å². The summed E-state index contributed by atoms with van der Waals surface area (Å²) in [5, 5.41) is 4.28. The van der Waals surface area contributed by atoms with Gasteiger partial charge < -0.3 is 9.57 Å². The first kappa shape index (κ1) is 13.6. The number of ether oxygens (including phenoxy) is 1. The van der Waals surface area contributed by atoms with Gasteiger partial charge in [0.1, 0.15) is 5.75 Å². The Kier molecular flexibility index (Phi) is 3.88. The molecule has 0 atom stereocenters. The van der Waals surface area contributed by atoms with Crippen LogP contribution in [0.15, 0.2) is 47.6 Å². The molecule has 0 spiro atoms. The summed E-state index contributed by atoms with van der Waals surface area (Å²) in [5.74, 6) is 0.387. The van der Waals surface area contributed by atoms with Gasteiger partial charge in [-0.15, -0.1) is 0 Å². The topological polar surface area (TPSA) is 47.9 Å². The van der Waals surface area contributed by atoms with Crippen LogP contribution >= 0.6 is 11.6 Å². The highest BCUT2D eigenvalue weighted by Crippen LogP contribution is 2.25. The lowest BCUT2D eigenvalue weighted by Gasteiger charge is -2.00. The molecule has 2 aromatic carbocycles. The van der Waals surface area contributed by atoms with E-state index >= 15 is 0 Å². The Bertz CT molecular complexity index is 695. The fourth-order valence-electron chi connectivity index (χ4n) is 2.06. The highest BCUT2D eigenvalue weighted by Gasteiger charge is 2.11. The van der Waals surface area contributed by atoms with E-state index < -0.39 is 5.97 Å². The van der Waals surface area contributed by atoms with Crippen molar-refractivity contribution in [1.82, 2.24) is 0 Å². The zero-order valence-electron chi connectivity index (χ0n) is 11.1. The zero-order valence-corrected chi connectivity index (χ0v) is 11.8. The van der Waals surface area contributed by atoms with Crippen molar-refractivity contribution in [3.8, 4) is 5.75 Å². The van der Waals surface area contributed by atoms with Crippen molar-refractivity contribution in [2.75, 3.05) is 6.61 Å². The number of rotatable bonds is 3. The van der Waals surface area contributed by atoms with E-state index in [9.17, 15) is 4.79 Å². The predicted molar refractivity (Wildman–Crippen MR) is 80.1 cm³/mol. The molecule has 21 heavy (non-hydrogen) atoms. The molecule has 0 fully saturated rings. The molecule has 0 saturated heterocycles. The van der Waals surface area contributed by atoms with Crippen LogP contribution < -0.4 is 4.74 Å². The third kappa shape index (κ3) is 3.23. The summed E-state index contributed by atoms with van der Waals surface area (Å²) in [5.41, 5.74) is 2.41. The molecule has 3 rings (SSSR count). The summed E-state index contributed by atoms with van der Waals surface area (Å²) < 4.78 is 5.42. The number of oxime groups is 1. The van der Waals surface area contributed by atoms with E-state index in [1.807, 2.05) is 18.2 Å². The van der Waals surface area contributed by atoms with Crippen LogP contribution in [0.25, 0.3) is 0 Å². The Morgan fingerprint density at radius 2 is 2.05 bits per heavy atom. The van der Waals surface area contributed by atoms with Gasteiger partial charge in [0.15, 0.2) is 0 Å². The van der Waals surface area contributed by atoms with Gasteiger partial charge in [-0.1, -0.05) is 16.8 Å². The number of carbonyl (C=O) groups excluding carboxylic acids is 1. The summed E-state index contributed by atoms with van der Waals surface area (Å²) in [7, 11) is 0. The predicted octanol–water partition coefficient (Wildman–Crippen LogP) is 3.47. The molecule has 0 radical (unpaired) electrons. The van der Waals surface area contributed by atoms with Crippen molar-refractivity contribution in [3.63, 3.8) is 0 Å². The molecule has 0 aliphatic carbocycles. The average molecular weight is 302 g/mol. The Morgan fingerprint density at radius 1 is 1.24 bits per heavy atom. The van der Waals surface area contributed by atoms with Crippen molar-refractivity contribution in [2.45, 2.75) is 6.42 Å². The van der Waals surface area contributed by atoms with Gasteiger partial charge in [-0.3, -0.25) is 0 Å². The molecule has 5 heteroatoms. The molecule has 106 valence electrons. The number of hydrogen-bond donors (Lipinski definition) is 0. The second-order valence-electron chi connectivity index (χ2n) is 4.59. The smallest absolute Gasteiger partial charge is 0.365 e. The Balaban J connectivity index is 1.64. The number of fused-ring (bicyclic) bond motifs is 1. The van der Waals surface area contributed by atoms with E-state index in [0.29, 0.717) is 17.2 Å². The lowest BCUT2D eigenvalue weighted by Crippen LogP contribution is -2.00. The fourth-order valence-corrected chi connectivity index (χ4v) is 2.19. The van der Waals surface area contributed by atoms with Crippen molar-refractivity contribution >= 4 is 23.8 Å². The minimum atomic E-state index is -0.521. The van der Waals surface area contributed by atoms with Crippen molar-refractivity contribution in [1.29, 1.82) is 0 Å². The average Bonchev–Trinajstić information content (AvgIpc) is 2.95. The summed E-state index contributed by atoms with van der Waals surface area (Å²) in [6, 6.07) is 12.2. The van der Waals surface area contributed by atoms with E-state index in [-0.39, 0.29) is 0 Å². The molecular formula is C16H12ClNO3. The maximum Gasteiger partial charge on any atom is 0.365 e. The third-order valence-corrected chi connectivity index (χ3v) is 3.38. The van der Waals surface area contributed by atoms with Crippen LogP contribution in [0.1, 0.15) is 21.5 Å². The van der Waals surface area contributed by atoms with E-state index in [4.69, 9.17) is 21.2 Å². The molecular weight excluding hydrogens is 290 g/mol. The minimum Gasteiger partial charge on any atom is -0.493 e. The molecule has 0 unspecified atom stereocenters. The van der Waals surface area contributed by atoms with E-state index in [1.165, 1.54) is 6.21 Å². The van der Waals surface area contributed by atoms with Crippen molar-refractivity contribution in [2.24, 2.45) is 5.16 Å². The number of halogens is 1. The lowest BCUT2D eigenvalue weighted by molar-refractivity contribution is 0.0519. The van der Waals surface area contributed by atoms with E-state index in [1.54, 1.807) is 24.3 Å². The van der Waals surface area contributed by atoms with Crippen LogP contribution in [-0.2, 0) is 11.3 Å². The standard InChI is InChI=1S/C16H12ClNO3/c17-14-4-2-12(3-5-14)16(19)21-18-10-11-1-6-15-13(9-11)7-8-20-15/h1-6,9-10H,7-8H2/b18-10-. The molecule has 1 aliphatic heterocycles. The summed E-state index contributed by atoms with van der Waals surface area (Å²) in [6.07, 6.45) is 2.40. The van der Waals surface area contributed by atoms with Gasteiger partial charge in [0.2, 0.25) is 0 Å². The Hall–Kier alpha value is -2.33. The van der Waals surface area contributed by atoms with Crippen LogP contribution in [0.3, 0.4) is 0 Å². The monoisotopic (exact) mass is 301 g/mol. The number of hydrogen-bond acceptors (Lipinski definition) is 4. The van der Waals surface area contributed by atoms with Gasteiger partial charge in [-0.25, -0.2) is 4.79 Å². The first-order chi connectivity index (χ1) is 10.2. The Labute approximate surface area is 126 Å². The third-order valence-electron chi connectivity index (χ3n) is 3.13. The lowest BCUT2D eigenvalue weighted by atomic mass is 10.1. The highest BCUT2D eigenvalue weighted by atomic mass is 35.5. The second kappa shape index (κ2) is 5.97. The largest absolute Gasteiger partial charge is 0.493 e. The Morgan fingerprint density at radius 3 is 2.86 bits per heavy atom. The van der Waals surface area contributed by atoms with Crippen LogP contribution in [0, 0.1) is 0 Å². The molecule has 4 nitrogen and oxygen atoms in total. The number of benzene rings is 2. The molecule has 0 amide bonds. The van der Waals surface area contributed by atoms with Gasteiger partial charge in [0.05, 0.1) is 18.4 Å². The van der Waals surface area contributed by atoms with Crippen LogP contribution in [0.2, 0.25) is 5.02 Å². The van der Waals surface area contributed by atoms with Crippen molar-refractivity contribution in [3.05, 3.63) is 64.2 Å². The molecule has 0 bridgehead atoms. The van der Waals surface area contributed by atoms with Gasteiger partial charge in [0.25, 0.3) is 0 Å².